The molecule has 6 nitrogen and oxygen atoms in total. The molecule has 27 heavy (non-hydrogen) atoms. The quantitative estimate of drug-likeness (QED) is 0.792. The van der Waals surface area contributed by atoms with Crippen LogP contribution >= 0.6 is 0 Å². The van der Waals surface area contributed by atoms with Crippen molar-refractivity contribution >= 4 is 23.3 Å². The maximum absolute atomic E-state index is 12.3. The average Bonchev–Trinajstić information content (AvgIpc) is 2.59. The Balaban J connectivity index is 2.24. The van der Waals surface area contributed by atoms with E-state index >= 15 is 0 Å². The summed E-state index contributed by atoms with van der Waals surface area (Å²) in [6, 6.07) is 6.05. The lowest BCUT2D eigenvalue weighted by molar-refractivity contribution is -0.132. The molecule has 0 aliphatic heterocycles. The third-order valence-electron chi connectivity index (χ3n) is 5.00. The van der Waals surface area contributed by atoms with Gasteiger partial charge in [0.05, 0.1) is 0 Å². The topological polar surface area (TPSA) is 64.7 Å². The van der Waals surface area contributed by atoms with Crippen LogP contribution in [-0.2, 0) is 11.3 Å². The third-order valence-corrected chi connectivity index (χ3v) is 5.00. The number of nitrogens with one attached hydrogen (secondary N) is 2. The van der Waals surface area contributed by atoms with Gasteiger partial charge >= 0.3 is 6.03 Å². The Labute approximate surface area is 163 Å². The van der Waals surface area contributed by atoms with Gasteiger partial charge in [-0.05, 0) is 50.5 Å². The van der Waals surface area contributed by atoms with Crippen LogP contribution in [0.1, 0.15) is 58.4 Å². The molecule has 1 aliphatic carbocycles. The summed E-state index contributed by atoms with van der Waals surface area (Å²) < 4.78 is 0. The first kappa shape index (κ1) is 21.1. The summed E-state index contributed by atoms with van der Waals surface area (Å²) in [6.07, 6.45) is 5.78. The molecule has 2 N–H and O–H groups in total. The Bertz CT molecular complexity index is 652. The van der Waals surface area contributed by atoms with Crippen molar-refractivity contribution in [3.63, 3.8) is 0 Å². The molecule has 0 radical (unpaired) electrons. The van der Waals surface area contributed by atoms with Crippen molar-refractivity contribution in [1.29, 1.82) is 0 Å². The smallest absolute Gasteiger partial charge is 0.319 e. The summed E-state index contributed by atoms with van der Waals surface area (Å²) in [5.74, 6) is 0.113. The van der Waals surface area contributed by atoms with Gasteiger partial charge in [0.15, 0.2) is 0 Å². The molecule has 0 saturated heterocycles. The fourth-order valence-corrected chi connectivity index (χ4v) is 3.73. The molecule has 0 unspecified atom stereocenters. The zero-order chi connectivity index (χ0) is 20.0. The number of hydrogen-bond acceptors (Lipinski definition) is 3. The third kappa shape index (κ3) is 6.15. The first-order valence-electron chi connectivity index (χ1n) is 9.93. The molecule has 1 aromatic rings. The maximum atomic E-state index is 12.3. The van der Waals surface area contributed by atoms with Gasteiger partial charge in [0, 0.05) is 51.0 Å². The second-order valence-electron chi connectivity index (χ2n) is 7.93. The number of rotatable bonds is 6. The number of nitrogens with zero attached hydrogens (tertiary/aromatic N) is 2. The minimum absolute atomic E-state index is 0.0741. The van der Waals surface area contributed by atoms with Crippen molar-refractivity contribution in [2.45, 2.75) is 71.5 Å². The summed E-state index contributed by atoms with van der Waals surface area (Å²) in [6.45, 7) is 6.07. The molecule has 2 rings (SSSR count). The number of hydrogen-bond donors (Lipinski definition) is 2. The van der Waals surface area contributed by atoms with Crippen molar-refractivity contribution in [3.05, 3.63) is 23.8 Å². The largest absolute Gasteiger partial charge is 0.377 e. The second-order valence-corrected chi connectivity index (χ2v) is 7.93. The van der Waals surface area contributed by atoms with Crippen molar-refractivity contribution in [2.75, 3.05) is 24.3 Å². The van der Waals surface area contributed by atoms with E-state index in [4.69, 9.17) is 0 Å². The van der Waals surface area contributed by atoms with Crippen LogP contribution in [0.4, 0.5) is 16.2 Å². The SMILES string of the molecule is CC(=O)N(Cc1cc(NC(=O)NC(C)C)ccc1N(C)C)C1CCCCC1. The minimum Gasteiger partial charge on any atom is -0.377 e. The van der Waals surface area contributed by atoms with Crippen LogP contribution < -0.4 is 15.5 Å². The Hall–Kier alpha value is -2.24. The second kappa shape index (κ2) is 9.62. The summed E-state index contributed by atoms with van der Waals surface area (Å²) in [5.41, 5.74) is 2.84. The van der Waals surface area contributed by atoms with E-state index in [0.29, 0.717) is 12.6 Å². The number of anilines is 2. The zero-order valence-corrected chi connectivity index (χ0v) is 17.3. The molecule has 1 aromatic carbocycles. The Morgan fingerprint density at radius 1 is 1.15 bits per heavy atom. The zero-order valence-electron chi connectivity index (χ0n) is 17.3. The van der Waals surface area contributed by atoms with Gasteiger partial charge in [-0.1, -0.05) is 19.3 Å². The van der Waals surface area contributed by atoms with Gasteiger partial charge in [0.25, 0.3) is 0 Å². The fourth-order valence-electron chi connectivity index (χ4n) is 3.73. The molecule has 0 aromatic heterocycles. The highest BCUT2D eigenvalue weighted by Crippen LogP contribution is 2.28. The molecule has 1 fully saturated rings. The van der Waals surface area contributed by atoms with Gasteiger partial charge in [-0.3, -0.25) is 4.79 Å². The Morgan fingerprint density at radius 2 is 1.81 bits per heavy atom. The van der Waals surface area contributed by atoms with Gasteiger partial charge in [0.1, 0.15) is 0 Å². The van der Waals surface area contributed by atoms with Crippen LogP contribution in [0.3, 0.4) is 0 Å². The lowest BCUT2D eigenvalue weighted by Gasteiger charge is -2.34. The average molecular weight is 375 g/mol. The summed E-state index contributed by atoms with van der Waals surface area (Å²) >= 11 is 0. The molecule has 6 heteroatoms. The van der Waals surface area contributed by atoms with Gasteiger partial charge < -0.3 is 20.4 Å². The highest BCUT2D eigenvalue weighted by atomic mass is 16.2. The number of carbonyl (C=O) groups is 2. The Morgan fingerprint density at radius 3 is 2.37 bits per heavy atom. The number of benzene rings is 1. The van der Waals surface area contributed by atoms with Crippen molar-refractivity contribution in [1.82, 2.24) is 10.2 Å². The van der Waals surface area contributed by atoms with E-state index in [-0.39, 0.29) is 18.0 Å². The van der Waals surface area contributed by atoms with Gasteiger partial charge in [-0.25, -0.2) is 4.79 Å². The van der Waals surface area contributed by atoms with E-state index in [1.807, 2.05) is 55.9 Å². The number of carbonyl (C=O) groups excluding carboxylic acids is 2. The van der Waals surface area contributed by atoms with Gasteiger partial charge in [0.2, 0.25) is 5.91 Å². The van der Waals surface area contributed by atoms with Crippen LogP contribution in [0.25, 0.3) is 0 Å². The normalized spacial score (nSPS) is 14.7. The standard InChI is InChI=1S/C21H34N4O2/c1-15(2)22-21(27)23-18-11-12-20(24(4)5)17(13-18)14-25(16(3)26)19-9-7-6-8-10-19/h11-13,15,19H,6-10,14H2,1-5H3,(H2,22,23,27). The van der Waals surface area contributed by atoms with Crippen LogP contribution in [0.2, 0.25) is 0 Å². The van der Waals surface area contributed by atoms with Crippen molar-refractivity contribution in [3.8, 4) is 0 Å². The highest BCUT2D eigenvalue weighted by Gasteiger charge is 2.24. The predicted octanol–water partition coefficient (Wildman–Crippen LogP) is 3.96. The highest BCUT2D eigenvalue weighted by molar-refractivity contribution is 5.90. The van der Waals surface area contributed by atoms with E-state index in [1.54, 1.807) is 6.92 Å². The van der Waals surface area contributed by atoms with Crippen LogP contribution in [0, 0.1) is 0 Å². The molecule has 0 heterocycles. The predicted molar refractivity (Wildman–Crippen MR) is 111 cm³/mol. The molecule has 3 amide bonds. The molecule has 1 saturated carbocycles. The number of amides is 3. The minimum atomic E-state index is -0.218. The summed E-state index contributed by atoms with van der Waals surface area (Å²) in [5, 5.41) is 5.72. The molecular weight excluding hydrogens is 340 g/mol. The van der Waals surface area contributed by atoms with E-state index in [9.17, 15) is 9.59 Å². The van der Waals surface area contributed by atoms with E-state index in [1.165, 1.54) is 19.3 Å². The summed E-state index contributed by atoms with van der Waals surface area (Å²) in [4.78, 5) is 28.4. The molecule has 0 spiro atoms. The molecule has 0 bridgehead atoms. The van der Waals surface area contributed by atoms with Gasteiger partial charge in [-0.2, -0.15) is 0 Å². The van der Waals surface area contributed by atoms with Crippen molar-refractivity contribution < 1.29 is 9.59 Å². The van der Waals surface area contributed by atoms with E-state index in [0.717, 1.165) is 29.8 Å². The fraction of sp³-hybridized carbons (Fsp3) is 0.619. The van der Waals surface area contributed by atoms with E-state index < -0.39 is 0 Å². The van der Waals surface area contributed by atoms with E-state index in [2.05, 4.69) is 10.6 Å². The number of urea groups is 1. The molecule has 0 atom stereocenters. The first-order valence-corrected chi connectivity index (χ1v) is 9.93. The van der Waals surface area contributed by atoms with Crippen molar-refractivity contribution in [2.24, 2.45) is 0 Å². The molecule has 1 aliphatic rings. The Kier molecular flexibility index (Phi) is 7.51. The molecule has 150 valence electrons. The van der Waals surface area contributed by atoms with Gasteiger partial charge in [-0.15, -0.1) is 0 Å². The van der Waals surface area contributed by atoms with Crippen LogP contribution in [0.5, 0.6) is 0 Å². The first-order chi connectivity index (χ1) is 12.8. The monoisotopic (exact) mass is 374 g/mol. The lowest BCUT2D eigenvalue weighted by atomic mass is 9.93. The maximum Gasteiger partial charge on any atom is 0.319 e. The molecular formula is C21H34N4O2. The lowest BCUT2D eigenvalue weighted by Crippen LogP contribution is -2.40. The van der Waals surface area contributed by atoms with Crippen LogP contribution in [0.15, 0.2) is 18.2 Å². The summed E-state index contributed by atoms with van der Waals surface area (Å²) in [7, 11) is 3.99. The van der Waals surface area contributed by atoms with Crippen LogP contribution in [-0.4, -0.2) is 43.0 Å².